The smallest absolute Gasteiger partial charge is 0.418 e. The van der Waals surface area contributed by atoms with E-state index in [1.165, 1.54) is 89.4 Å². The maximum absolute atomic E-state index is 14.2. The van der Waals surface area contributed by atoms with Gasteiger partial charge < -0.3 is 24.4 Å². The van der Waals surface area contributed by atoms with E-state index in [0.717, 1.165) is 31.2 Å². The zero-order valence-electron chi connectivity index (χ0n) is 38.1. The molecule has 5 amide bonds. The lowest BCUT2D eigenvalue weighted by atomic mass is 9.62. The van der Waals surface area contributed by atoms with Gasteiger partial charge in [-0.15, -0.1) is 0 Å². The summed E-state index contributed by atoms with van der Waals surface area (Å²) in [6.07, 6.45) is 18.0. The summed E-state index contributed by atoms with van der Waals surface area (Å²) in [5, 5.41) is 2.63. The van der Waals surface area contributed by atoms with Crippen LogP contribution in [0.15, 0.2) is 24.3 Å². The highest BCUT2D eigenvalue weighted by Gasteiger charge is 2.70. The molecule has 0 radical (unpaired) electrons. The van der Waals surface area contributed by atoms with E-state index in [4.69, 9.17) is 14.2 Å². The van der Waals surface area contributed by atoms with Gasteiger partial charge in [0.2, 0.25) is 22.0 Å². The lowest BCUT2D eigenvalue weighted by molar-refractivity contribution is -0.147. The minimum absolute atomic E-state index is 0.0387. The summed E-state index contributed by atoms with van der Waals surface area (Å²) in [4.78, 5) is 70.6. The Kier molecular flexibility index (Phi) is 17.8. The second kappa shape index (κ2) is 22.4. The van der Waals surface area contributed by atoms with E-state index in [0.29, 0.717) is 49.3 Å². The molecule has 3 fully saturated rings. The molecule has 1 spiro atoms. The summed E-state index contributed by atoms with van der Waals surface area (Å²) < 4.78 is 47.1. The topological polar surface area (TPSA) is 178 Å². The molecule has 5 unspecified atom stereocenters. The Morgan fingerprint density at radius 2 is 1.47 bits per heavy atom. The highest BCUT2D eigenvalue weighted by molar-refractivity contribution is 7.92. The zero-order chi connectivity index (χ0) is 45.0. The molecule has 5 rings (SSSR count). The molecular formula is C47H74N4O10S. The fourth-order valence-electron chi connectivity index (χ4n) is 10.2. The summed E-state index contributed by atoms with van der Waals surface area (Å²) >= 11 is 0. The Morgan fingerprint density at radius 3 is 2.06 bits per heavy atom. The number of imide groups is 1. The first-order valence-corrected chi connectivity index (χ1v) is 25.2. The van der Waals surface area contributed by atoms with Gasteiger partial charge in [-0.2, -0.15) is 0 Å². The van der Waals surface area contributed by atoms with Gasteiger partial charge in [-0.1, -0.05) is 135 Å². The van der Waals surface area contributed by atoms with Gasteiger partial charge in [0.1, 0.15) is 11.5 Å². The number of rotatable bonds is 26. The Bertz CT molecular complexity index is 1820. The van der Waals surface area contributed by atoms with Gasteiger partial charge in [0.25, 0.3) is 17.7 Å². The molecule has 4 aliphatic rings. The van der Waals surface area contributed by atoms with Crippen LogP contribution in [0.5, 0.6) is 0 Å². The molecule has 15 heteroatoms. The largest absolute Gasteiger partial charge is 0.433 e. The van der Waals surface area contributed by atoms with Crippen molar-refractivity contribution in [3.05, 3.63) is 29.8 Å². The lowest BCUT2D eigenvalue weighted by Gasteiger charge is -2.48. The first-order chi connectivity index (χ1) is 29.7. The fourth-order valence-corrected chi connectivity index (χ4v) is 12.5. The number of ether oxygens (including phenoxy) is 3. The van der Waals surface area contributed by atoms with Crippen molar-refractivity contribution in [3.63, 3.8) is 0 Å². The van der Waals surface area contributed by atoms with Crippen LogP contribution < -0.4 is 14.9 Å². The Hall–Kier alpha value is -3.56. The molecular weight excluding hydrogens is 813 g/mol. The van der Waals surface area contributed by atoms with E-state index in [9.17, 15) is 32.4 Å². The summed E-state index contributed by atoms with van der Waals surface area (Å²) in [5.74, 6) is -3.05. The molecule has 1 saturated carbocycles. The number of unbranched alkanes of at least 4 members (excludes halogenated alkanes) is 14. The summed E-state index contributed by atoms with van der Waals surface area (Å²) in [7, 11) is -4.12. The van der Waals surface area contributed by atoms with Gasteiger partial charge in [0.15, 0.2) is 5.60 Å². The number of nitrogens with zero attached hydrogens (tertiary/aromatic N) is 2. The third kappa shape index (κ3) is 10.9. The van der Waals surface area contributed by atoms with Crippen molar-refractivity contribution < 1.29 is 46.6 Å². The molecule has 1 aromatic rings. The van der Waals surface area contributed by atoms with Crippen LogP contribution in [0.25, 0.3) is 0 Å². The van der Waals surface area contributed by atoms with Crippen molar-refractivity contribution >= 4 is 45.4 Å². The predicted molar refractivity (Wildman–Crippen MR) is 238 cm³/mol. The number of nitrogens with one attached hydrogen (secondary N) is 2. The number of hydrogen-bond donors (Lipinski definition) is 2. The Morgan fingerprint density at radius 1 is 0.855 bits per heavy atom. The van der Waals surface area contributed by atoms with Crippen molar-refractivity contribution in [1.82, 2.24) is 14.9 Å². The van der Waals surface area contributed by atoms with E-state index in [1.807, 2.05) is 26.0 Å². The van der Waals surface area contributed by atoms with E-state index >= 15 is 0 Å². The molecule has 2 N–H and O–H groups in total. The third-order valence-corrected chi connectivity index (χ3v) is 16.2. The van der Waals surface area contributed by atoms with Gasteiger partial charge >= 0.3 is 6.09 Å². The number of cyclic esters (lactones) is 1. The van der Waals surface area contributed by atoms with Crippen molar-refractivity contribution in [2.24, 2.45) is 5.41 Å². The average molecular weight is 887 g/mol. The Balaban J connectivity index is 1.25. The summed E-state index contributed by atoms with van der Waals surface area (Å²) in [6, 6.07) is 5.35. The van der Waals surface area contributed by atoms with Crippen molar-refractivity contribution in [3.8, 4) is 0 Å². The SMILES string of the molecule is CCCCCCCCCCCCCCCCOC1CCC2(CC1OCNC(=O)C(C(=O)N1CCc3ccccc31)N1C(=O)OC(C)(C)C1=O)C(CC)(CCCC)C(=O)NS2(=O)=O. The van der Waals surface area contributed by atoms with Crippen LogP contribution in [0, 0.1) is 5.41 Å². The van der Waals surface area contributed by atoms with Crippen LogP contribution in [-0.4, -0.2) is 91.5 Å². The van der Waals surface area contributed by atoms with Crippen LogP contribution in [0.2, 0.25) is 0 Å². The van der Waals surface area contributed by atoms with E-state index in [1.54, 1.807) is 12.1 Å². The molecule has 0 aromatic heterocycles. The first kappa shape index (κ1) is 49.5. The normalized spacial score (nSPS) is 25.5. The average Bonchev–Trinajstić information content (AvgIpc) is 3.81. The van der Waals surface area contributed by atoms with Crippen LogP contribution in [0.4, 0.5) is 10.5 Å². The Labute approximate surface area is 370 Å². The van der Waals surface area contributed by atoms with E-state index in [2.05, 4.69) is 17.0 Å². The molecule has 5 atom stereocenters. The van der Waals surface area contributed by atoms with Crippen molar-refractivity contribution in [1.29, 1.82) is 0 Å². The second-order valence-electron chi connectivity index (χ2n) is 18.4. The molecule has 2 saturated heterocycles. The molecule has 3 heterocycles. The van der Waals surface area contributed by atoms with E-state index in [-0.39, 0.29) is 19.4 Å². The van der Waals surface area contributed by atoms with Crippen LogP contribution >= 0.6 is 0 Å². The van der Waals surface area contributed by atoms with E-state index < -0.39 is 80.5 Å². The molecule has 14 nitrogen and oxygen atoms in total. The third-order valence-electron chi connectivity index (χ3n) is 13.9. The number of anilines is 1. The van der Waals surface area contributed by atoms with Gasteiger partial charge in [0.05, 0.1) is 17.6 Å². The minimum Gasteiger partial charge on any atom is -0.433 e. The number of carbonyl (C=O) groups is 5. The standard InChI is InChI=1S/C47H74N4O10S/c1-6-9-11-12-13-14-15-16-17-18-19-20-21-24-32-59-37-27-30-47(46(8-3,29-10-7-2)42(54)49-62(47,57)58)33-38(37)60-34-48-40(52)39(51-43(55)45(4,5)61-44(51)56)41(53)50-31-28-35-25-22-23-26-36(35)50/h22-23,25-26,37-39H,6-21,24,27-34H2,1-5H3,(H,48,52)(H,49,54). The molecule has 0 bridgehead atoms. The molecule has 1 aliphatic carbocycles. The number of fused-ring (bicyclic) bond motifs is 1. The minimum atomic E-state index is -4.12. The van der Waals surface area contributed by atoms with Gasteiger partial charge in [-0.25, -0.2) is 18.1 Å². The van der Waals surface area contributed by atoms with Gasteiger partial charge in [-0.3, -0.25) is 23.9 Å². The fraction of sp³-hybridized carbons (Fsp3) is 0.766. The predicted octanol–water partition coefficient (Wildman–Crippen LogP) is 8.00. The number of hydrogen-bond acceptors (Lipinski definition) is 10. The van der Waals surface area contributed by atoms with Crippen molar-refractivity contribution in [2.75, 3.05) is 24.8 Å². The summed E-state index contributed by atoms with van der Waals surface area (Å²) in [5.41, 5.74) is -1.28. The monoisotopic (exact) mass is 887 g/mol. The van der Waals surface area contributed by atoms with Crippen LogP contribution in [-0.2, 0) is 49.8 Å². The highest BCUT2D eigenvalue weighted by Crippen LogP contribution is 2.56. The maximum Gasteiger partial charge on any atom is 0.418 e. The lowest BCUT2D eigenvalue weighted by Crippen LogP contribution is -2.60. The molecule has 1 aromatic carbocycles. The number of benzene rings is 1. The number of sulfonamides is 1. The molecule has 62 heavy (non-hydrogen) atoms. The maximum atomic E-state index is 14.2. The number of carbonyl (C=O) groups excluding carboxylic acids is 5. The van der Waals surface area contributed by atoms with Crippen LogP contribution in [0.1, 0.15) is 175 Å². The highest BCUT2D eigenvalue weighted by atomic mass is 32.2. The molecule has 3 aliphatic heterocycles. The molecule has 348 valence electrons. The second-order valence-corrected chi connectivity index (χ2v) is 20.4. The van der Waals surface area contributed by atoms with Gasteiger partial charge in [-0.05, 0) is 70.4 Å². The number of para-hydroxylation sites is 1. The first-order valence-electron chi connectivity index (χ1n) is 23.7. The quantitative estimate of drug-likeness (QED) is 0.0527. The van der Waals surface area contributed by atoms with Gasteiger partial charge in [0, 0.05) is 18.8 Å². The van der Waals surface area contributed by atoms with Crippen LogP contribution in [0.3, 0.4) is 0 Å². The van der Waals surface area contributed by atoms with Crippen molar-refractivity contribution in [2.45, 2.75) is 204 Å². The number of amides is 5. The summed E-state index contributed by atoms with van der Waals surface area (Å²) in [6.45, 7) is 9.12. The zero-order valence-corrected chi connectivity index (χ0v) is 38.9.